The third-order valence-corrected chi connectivity index (χ3v) is 3.82. The molecule has 1 aliphatic carbocycles. The highest BCUT2D eigenvalue weighted by Crippen LogP contribution is 2.32. The molecule has 0 radical (unpaired) electrons. The second kappa shape index (κ2) is 6.71. The molecular weight excluding hydrogens is 310 g/mol. The lowest BCUT2D eigenvalue weighted by atomic mass is 10.1. The van der Waals surface area contributed by atoms with Crippen LogP contribution in [0.2, 0.25) is 5.02 Å². The van der Waals surface area contributed by atoms with Gasteiger partial charge in [-0.3, -0.25) is 0 Å². The van der Waals surface area contributed by atoms with E-state index in [1.165, 1.54) is 18.2 Å². The number of carbonyl (C=O) groups excluding carboxylic acids is 1. The molecule has 2 aromatic carbocycles. The molecule has 4 heteroatoms. The van der Waals surface area contributed by atoms with Gasteiger partial charge in [-0.05, 0) is 41.3 Å². The Morgan fingerprint density at radius 2 is 1.74 bits per heavy atom. The number of rotatable bonds is 2. The van der Waals surface area contributed by atoms with E-state index in [0.717, 1.165) is 17.5 Å². The first-order valence-electron chi connectivity index (χ1n) is 7.32. The van der Waals surface area contributed by atoms with Gasteiger partial charge in [-0.1, -0.05) is 54.1 Å². The lowest BCUT2D eigenvalue weighted by Gasteiger charge is -2.10. The fraction of sp³-hybridized carbons (Fsp3) is 0.105. The van der Waals surface area contributed by atoms with E-state index in [9.17, 15) is 4.79 Å². The van der Waals surface area contributed by atoms with Gasteiger partial charge in [0.05, 0.1) is 0 Å². The lowest BCUT2D eigenvalue weighted by Crippen LogP contribution is -2.22. The number of halogens is 1. The number of benzene rings is 1. The summed E-state index contributed by atoms with van der Waals surface area (Å²) >= 11 is 6.12. The summed E-state index contributed by atoms with van der Waals surface area (Å²) in [5.74, 6) is 0.463. The summed E-state index contributed by atoms with van der Waals surface area (Å²) in [6, 6.07) is 19.3. The second-order valence-electron chi connectivity index (χ2n) is 5.21. The van der Waals surface area contributed by atoms with Crippen LogP contribution in [-0.4, -0.2) is 13.1 Å². The molecule has 1 N–H and O–H groups in total. The van der Waals surface area contributed by atoms with Gasteiger partial charge in [0.15, 0.2) is 0 Å². The molecule has 3 rings (SSSR count). The monoisotopic (exact) mass is 325 g/mol. The minimum absolute atomic E-state index is 0.463. The van der Waals surface area contributed by atoms with E-state index in [-0.39, 0.29) is 0 Å². The molecule has 0 unspecified atom stereocenters. The second-order valence-corrected chi connectivity index (χ2v) is 5.64. The molecule has 1 aliphatic rings. The first-order chi connectivity index (χ1) is 11.2. The summed E-state index contributed by atoms with van der Waals surface area (Å²) < 4.78 is 5.33. The van der Waals surface area contributed by atoms with E-state index in [0.29, 0.717) is 10.8 Å². The van der Waals surface area contributed by atoms with Crippen molar-refractivity contribution in [2.24, 2.45) is 0 Å². The molecule has 0 bridgehead atoms. The fourth-order valence-electron chi connectivity index (χ4n) is 2.29. The maximum Gasteiger partial charge on any atom is 0.412 e. The summed E-state index contributed by atoms with van der Waals surface area (Å²) in [6.45, 7) is 0. The molecule has 2 aromatic rings. The zero-order chi connectivity index (χ0) is 16.2. The van der Waals surface area contributed by atoms with Gasteiger partial charge in [-0.25, -0.2) is 4.79 Å². The van der Waals surface area contributed by atoms with Crippen LogP contribution in [0.5, 0.6) is 5.75 Å². The summed E-state index contributed by atoms with van der Waals surface area (Å²) in [4.78, 5) is 11.5. The van der Waals surface area contributed by atoms with Crippen molar-refractivity contribution in [1.29, 1.82) is 0 Å². The van der Waals surface area contributed by atoms with E-state index >= 15 is 0 Å². The van der Waals surface area contributed by atoms with Crippen LogP contribution in [0.1, 0.15) is 11.1 Å². The first-order valence-corrected chi connectivity index (χ1v) is 7.70. The van der Waals surface area contributed by atoms with Gasteiger partial charge in [0.1, 0.15) is 5.75 Å². The Bertz CT molecular complexity index is 816. The summed E-state index contributed by atoms with van der Waals surface area (Å²) in [5.41, 5.74) is 4.40. The van der Waals surface area contributed by atoms with E-state index < -0.39 is 6.09 Å². The molecule has 23 heavy (non-hydrogen) atoms. The Morgan fingerprint density at radius 3 is 2.52 bits per heavy atom. The highest BCUT2D eigenvalue weighted by Gasteiger charge is 2.12. The van der Waals surface area contributed by atoms with Crippen LogP contribution < -0.4 is 10.1 Å². The topological polar surface area (TPSA) is 38.3 Å². The van der Waals surface area contributed by atoms with Crippen molar-refractivity contribution in [2.75, 3.05) is 7.05 Å². The molecule has 3 nitrogen and oxygen atoms in total. The van der Waals surface area contributed by atoms with Crippen molar-refractivity contribution in [1.82, 2.24) is 5.32 Å². The fourth-order valence-corrected chi connectivity index (χ4v) is 2.47. The molecule has 116 valence electrons. The van der Waals surface area contributed by atoms with Gasteiger partial charge in [0, 0.05) is 17.6 Å². The van der Waals surface area contributed by atoms with Crippen molar-refractivity contribution in [2.45, 2.75) is 6.42 Å². The van der Waals surface area contributed by atoms with Gasteiger partial charge < -0.3 is 10.1 Å². The van der Waals surface area contributed by atoms with Crippen LogP contribution in [0, 0.1) is 0 Å². The van der Waals surface area contributed by atoms with Crippen molar-refractivity contribution in [3.63, 3.8) is 0 Å². The van der Waals surface area contributed by atoms with Crippen LogP contribution in [0.25, 0.3) is 11.1 Å². The van der Waals surface area contributed by atoms with E-state index in [1.54, 1.807) is 18.2 Å². The van der Waals surface area contributed by atoms with Crippen molar-refractivity contribution in [3.05, 3.63) is 76.8 Å². The van der Waals surface area contributed by atoms with Gasteiger partial charge in [-0.15, -0.1) is 0 Å². The molecule has 0 saturated carbocycles. The molecule has 0 fully saturated rings. The zero-order valence-electron chi connectivity index (χ0n) is 12.7. The predicted molar refractivity (Wildman–Crippen MR) is 92.4 cm³/mol. The Hall–Kier alpha value is -2.52. The predicted octanol–water partition coefficient (Wildman–Crippen LogP) is 4.75. The van der Waals surface area contributed by atoms with E-state index in [2.05, 4.69) is 17.4 Å². The molecule has 0 heterocycles. The normalized spacial score (nSPS) is 11.0. The number of hydrogen-bond donors (Lipinski definition) is 1. The Labute approximate surface area is 140 Å². The van der Waals surface area contributed by atoms with Crippen molar-refractivity contribution >= 4 is 17.7 Å². The highest BCUT2D eigenvalue weighted by atomic mass is 35.5. The standard InChI is InChI=1S/C19H16ClNO2/c1-21-19(22)23-18-10-9-16(20)12-17(18)13-5-2-3-6-14-11-15(14)8-4-7-13/h2-10,12H,11H2,1H3,(H,21,22). The molecule has 0 atom stereocenters. The Morgan fingerprint density at radius 1 is 1.04 bits per heavy atom. The SMILES string of the molecule is CNC(=O)Oc1ccc(Cl)cc1-c1ccccc2c(ccc1)C2. The van der Waals surface area contributed by atoms with Gasteiger partial charge in [-0.2, -0.15) is 0 Å². The van der Waals surface area contributed by atoms with Gasteiger partial charge in [0.25, 0.3) is 0 Å². The number of ether oxygens (including phenoxy) is 1. The summed E-state index contributed by atoms with van der Waals surface area (Å²) in [6.07, 6.45) is 0.535. The summed E-state index contributed by atoms with van der Waals surface area (Å²) in [7, 11) is 1.52. The number of carbonyl (C=O) groups is 1. The molecule has 0 saturated heterocycles. The number of amides is 1. The largest absolute Gasteiger partial charge is 0.412 e. The maximum absolute atomic E-state index is 11.5. The molecular formula is C19H16ClNO2. The van der Waals surface area contributed by atoms with Crippen LogP contribution in [0.3, 0.4) is 0 Å². The Kier molecular flexibility index (Phi) is 4.49. The average molecular weight is 326 g/mol. The quantitative estimate of drug-likeness (QED) is 0.738. The maximum atomic E-state index is 11.5. The number of nitrogens with one attached hydrogen (secondary N) is 1. The number of fused-ring (bicyclic) bond motifs is 1. The third kappa shape index (κ3) is 3.82. The molecule has 0 aromatic heterocycles. The van der Waals surface area contributed by atoms with Crippen LogP contribution in [0.4, 0.5) is 4.79 Å². The van der Waals surface area contributed by atoms with E-state index in [1.807, 2.05) is 30.3 Å². The molecule has 1 amide bonds. The van der Waals surface area contributed by atoms with Crippen LogP contribution in [0.15, 0.2) is 60.7 Å². The zero-order valence-corrected chi connectivity index (χ0v) is 13.4. The smallest absolute Gasteiger partial charge is 0.410 e. The third-order valence-electron chi connectivity index (χ3n) is 3.59. The molecule has 0 aliphatic heterocycles. The Balaban J connectivity index is 2.08. The summed E-state index contributed by atoms with van der Waals surface area (Å²) in [5, 5.41) is 3.03. The van der Waals surface area contributed by atoms with Crippen LogP contribution >= 0.6 is 11.6 Å². The van der Waals surface area contributed by atoms with Crippen molar-refractivity contribution in [3.8, 4) is 16.9 Å². The number of hydrogen-bond acceptors (Lipinski definition) is 2. The van der Waals surface area contributed by atoms with Crippen LogP contribution in [-0.2, 0) is 6.42 Å². The highest BCUT2D eigenvalue weighted by molar-refractivity contribution is 6.31. The first kappa shape index (κ1) is 15.4. The lowest BCUT2D eigenvalue weighted by molar-refractivity contribution is 0.203. The average Bonchev–Trinajstić information content (AvgIpc) is 3.30. The minimum atomic E-state index is -0.513. The van der Waals surface area contributed by atoms with Gasteiger partial charge >= 0.3 is 6.09 Å². The molecule has 0 spiro atoms. The van der Waals surface area contributed by atoms with E-state index in [4.69, 9.17) is 16.3 Å². The van der Waals surface area contributed by atoms with Gasteiger partial charge in [0.2, 0.25) is 0 Å². The van der Waals surface area contributed by atoms with Crippen molar-refractivity contribution < 1.29 is 9.53 Å². The minimum Gasteiger partial charge on any atom is -0.410 e.